The van der Waals surface area contributed by atoms with Gasteiger partial charge in [-0.05, 0) is 70.5 Å². The second kappa shape index (κ2) is 9.54. The largest absolute Gasteiger partial charge is 0.322 e. The number of Topliss-reactive ketones (excluding diaryl/α,β-unsaturated/α-hetero) is 1. The van der Waals surface area contributed by atoms with Crippen molar-refractivity contribution in [3.8, 4) is 0 Å². The molecule has 5 nitrogen and oxygen atoms in total. The van der Waals surface area contributed by atoms with Crippen molar-refractivity contribution in [1.29, 1.82) is 0 Å². The number of nitrogens with zero attached hydrogens (tertiary/aromatic N) is 3. The Kier molecular flexibility index (Phi) is 6.94. The van der Waals surface area contributed by atoms with Gasteiger partial charge in [0, 0.05) is 38.0 Å². The average molecular weight is 440 g/mol. The highest BCUT2D eigenvalue weighted by Crippen LogP contribution is 2.49. The van der Waals surface area contributed by atoms with Gasteiger partial charge in [-0.1, -0.05) is 43.7 Å². The molecule has 1 aromatic carbocycles. The molecule has 32 heavy (non-hydrogen) atoms. The van der Waals surface area contributed by atoms with Gasteiger partial charge in [0.15, 0.2) is 0 Å². The topological polar surface area (TPSA) is 43.9 Å². The first-order chi connectivity index (χ1) is 15.4. The lowest BCUT2D eigenvalue weighted by molar-refractivity contribution is -0.118. The average Bonchev–Trinajstić information content (AvgIpc) is 3.02. The molecule has 3 aliphatic rings. The molecule has 1 aromatic rings. The Balaban J connectivity index is 1.51. The third-order valence-corrected chi connectivity index (χ3v) is 8.68. The zero-order valence-corrected chi connectivity index (χ0v) is 20.3. The third kappa shape index (κ3) is 4.33. The number of carbonyl (C=O) groups is 2. The van der Waals surface area contributed by atoms with Gasteiger partial charge in [-0.3, -0.25) is 9.69 Å². The van der Waals surface area contributed by atoms with Crippen LogP contribution in [-0.2, 0) is 10.3 Å². The summed E-state index contributed by atoms with van der Waals surface area (Å²) in [6.07, 6.45) is 10.0. The highest BCUT2D eigenvalue weighted by atomic mass is 16.2. The molecule has 0 N–H and O–H groups in total. The maximum Gasteiger partial charge on any atom is 0.320 e. The second-order valence-electron chi connectivity index (χ2n) is 10.6. The first-order valence-electron chi connectivity index (χ1n) is 12.7. The van der Waals surface area contributed by atoms with Crippen LogP contribution >= 0.6 is 0 Å². The van der Waals surface area contributed by atoms with Gasteiger partial charge >= 0.3 is 6.03 Å². The summed E-state index contributed by atoms with van der Waals surface area (Å²) in [7, 11) is 4.40. The van der Waals surface area contributed by atoms with Crippen molar-refractivity contribution in [3.63, 3.8) is 0 Å². The monoisotopic (exact) mass is 439 g/mol. The zero-order chi connectivity index (χ0) is 22.8. The quantitative estimate of drug-likeness (QED) is 0.541. The van der Waals surface area contributed by atoms with Gasteiger partial charge < -0.3 is 9.80 Å². The van der Waals surface area contributed by atoms with Crippen LogP contribution in [0.5, 0.6) is 0 Å². The fourth-order valence-corrected chi connectivity index (χ4v) is 6.21. The van der Waals surface area contributed by atoms with Crippen LogP contribution in [0.15, 0.2) is 30.3 Å². The van der Waals surface area contributed by atoms with Crippen molar-refractivity contribution < 1.29 is 9.59 Å². The van der Waals surface area contributed by atoms with E-state index in [1.807, 2.05) is 6.92 Å². The van der Waals surface area contributed by atoms with E-state index in [0.717, 1.165) is 45.2 Å². The van der Waals surface area contributed by atoms with E-state index in [4.69, 9.17) is 0 Å². The molecular weight excluding hydrogens is 398 g/mol. The lowest BCUT2D eigenvalue weighted by atomic mass is 9.68. The van der Waals surface area contributed by atoms with Crippen LogP contribution < -0.4 is 0 Å². The van der Waals surface area contributed by atoms with Crippen molar-refractivity contribution in [3.05, 3.63) is 35.9 Å². The van der Waals surface area contributed by atoms with Crippen LogP contribution in [0.25, 0.3) is 0 Å². The highest BCUT2D eigenvalue weighted by molar-refractivity contribution is 5.79. The molecule has 4 rings (SSSR count). The van der Waals surface area contributed by atoms with Gasteiger partial charge in [0.05, 0.1) is 5.54 Å². The van der Waals surface area contributed by atoms with E-state index in [1.54, 1.807) is 0 Å². The molecule has 5 heteroatoms. The molecule has 0 aromatic heterocycles. The summed E-state index contributed by atoms with van der Waals surface area (Å²) >= 11 is 0. The number of urea groups is 1. The number of hydrogen-bond donors (Lipinski definition) is 0. The fraction of sp³-hybridized carbons (Fsp3) is 0.704. The predicted octanol–water partition coefficient (Wildman–Crippen LogP) is 5.05. The molecule has 3 fully saturated rings. The summed E-state index contributed by atoms with van der Waals surface area (Å²) < 4.78 is 0. The second-order valence-corrected chi connectivity index (χ2v) is 10.6. The van der Waals surface area contributed by atoms with Crippen LogP contribution in [-0.4, -0.2) is 65.8 Å². The van der Waals surface area contributed by atoms with Crippen molar-refractivity contribution in [2.24, 2.45) is 5.92 Å². The number of benzene rings is 1. The van der Waals surface area contributed by atoms with Crippen molar-refractivity contribution in [2.75, 3.05) is 33.7 Å². The first-order valence-corrected chi connectivity index (χ1v) is 12.7. The summed E-state index contributed by atoms with van der Waals surface area (Å²) in [4.78, 5) is 32.0. The van der Waals surface area contributed by atoms with Crippen molar-refractivity contribution >= 4 is 11.8 Å². The number of amides is 2. The van der Waals surface area contributed by atoms with E-state index >= 15 is 0 Å². The Hall–Kier alpha value is -1.88. The molecule has 0 radical (unpaired) electrons. The maximum absolute atomic E-state index is 13.5. The van der Waals surface area contributed by atoms with Gasteiger partial charge in [0.2, 0.25) is 0 Å². The summed E-state index contributed by atoms with van der Waals surface area (Å²) in [5, 5.41) is 0. The summed E-state index contributed by atoms with van der Waals surface area (Å²) in [5.41, 5.74) is 1.39. The first kappa shape index (κ1) is 23.3. The van der Waals surface area contributed by atoms with Crippen LogP contribution in [0.4, 0.5) is 4.79 Å². The minimum absolute atomic E-state index is 0.0403. The fourth-order valence-electron chi connectivity index (χ4n) is 6.21. The van der Waals surface area contributed by atoms with E-state index in [1.165, 1.54) is 24.8 Å². The van der Waals surface area contributed by atoms with Crippen LogP contribution in [0.3, 0.4) is 0 Å². The predicted molar refractivity (Wildman–Crippen MR) is 129 cm³/mol. The summed E-state index contributed by atoms with van der Waals surface area (Å²) in [5.74, 6) is 0.973. The number of ketones is 1. The van der Waals surface area contributed by atoms with E-state index < -0.39 is 0 Å². The summed E-state index contributed by atoms with van der Waals surface area (Å²) in [6, 6.07) is 11.1. The van der Waals surface area contributed by atoms with Gasteiger partial charge in [0.1, 0.15) is 5.78 Å². The summed E-state index contributed by atoms with van der Waals surface area (Å²) in [6.45, 7) is 4.39. The van der Waals surface area contributed by atoms with Crippen LogP contribution in [0.1, 0.15) is 76.7 Å². The molecule has 1 spiro atoms. The smallest absolute Gasteiger partial charge is 0.320 e. The minimum Gasteiger partial charge on any atom is -0.322 e. The molecule has 1 saturated heterocycles. The third-order valence-electron chi connectivity index (χ3n) is 8.68. The van der Waals surface area contributed by atoms with Gasteiger partial charge in [-0.15, -0.1) is 0 Å². The number of rotatable bonds is 9. The number of hydrogen-bond acceptors (Lipinski definition) is 3. The Morgan fingerprint density at radius 1 is 1.09 bits per heavy atom. The molecule has 0 unspecified atom stereocenters. The molecule has 2 aliphatic carbocycles. The highest BCUT2D eigenvalue weighted by Gasteiger charge is 2.54. The molecular formula is C27H41N3O2. The van der Waals surface area contributed by atoms with E-state index in [-0.39, 0.29) is 17.1 Å². The van der Waals surface area contributed by atoms with Crippen molar-refractivity contribution in [2.45, 2.75) is 82.2 Å². The molecule has 1 heterocycles. The van der Waals surface area contributed by atoms with E-state index in [2.05, 4.69) is 59.1 Å². The molecule has 176 valence electrons. The number of carbonyl (C=O) groups excluding carboxylic acids is 2. The molecule has 2 amide bonds. The standard InChI is InChI=1S/C27H41N3O2/c1-4-24(31)14-9-19-29-21-26(30(25(29)32)20-22-10-8-11-22)15-17-27(18-16-26,28(2)3)23-12-6-5-7-13-23/h5-7,12-13,22H,4,8-11,14-21H2,1-3H3. The maximum atomic E-state index is 13.5. The minimum atomic E-state index is -0.0459. The van der Waals surface area contributed by atoms with Crippen LogP contribution in [0, 0.1) is 5.92 Å². The van der Waals surface area contributed by atoms with Crippen molar-refractivity contribution in [1.82, 2.24) is 14.7 Å². The Bertz CT molecular complexity index is 794. The lowest BCUT2D eigenvalue weighted by Crippen LogP contribution is -2.56. The molecule has 1 aliphatic heterocycles. The molecule has 0 bridgehead atoms. The van der Waals surface area contributed by atoms with E-state index in [9.17, 15) is 9.59 Å². The van der Waals surface area contributed by atoms with E-state index in [0.29, 0.717) is 31.1 Å². The lowest BCUT2D eigenvalue weighted by Gasteiger charge is -2.51. The van der Waals surface area contributed by atoms with Gasteiger partial charge in [-0.25, -0.2) is 4.79 Å². The Morgan fingerprint density at radius 3 is 2.34 bits per heavy atom. The molecule has 2 saturated carbocycles. The SMILES string of the molecule is CCC(=O)CCCN1CC2(CCC(c3ccccc3)(N(C)C)CC2)N(CC2CCC2)C1=O. The van der Waals surface area contributed by atoms with Gasteiger partial charge in [-0.2, -0.15) is 0 Å². The van der Waals surface area contributed by atoms with Gasteiger partial charge in [0.25, 0.3) is 0 Å². The normalized spacial score (nSPS) is 28.6. The molecule has 0 atom stereocenters. The van der Waals surface area contributed by atoms with Crippen LogP contribution in [0.2, 0.25) is 0 Å². The Labute approximate surface area is 194 Å². The Morgan fingerprint density at radius 2 is 1.78 bits per heavy atom. The zero-order valence-electron chi connectivity index (χ0n) is 20.3.